The molecular formula is C9H22O. The van der Waals surface area contributed by atoms with Crippen molar-refractivity contribution in [2.45, 2.75) is 47.0 Å². The number of aliphatic hydroxyl groups is 1. The molecule has 10 heavy (non-hydrogen) atoms. The van der Waals surface area contributed by atoms with Crippen LogP contribution < -0.4 is 0 Å². The summed E-state index contributed by atoms with van der Waals surface area (Å²) in [6.07, 6.45) is 3.33. The third-order valence-electron chi connectivity index (χ3n) is 0.762. The van der Waals surface area contributed by atoms with E-state index in [0.717, 1.165) is 18.8 Å². The Kier molecular flexibility index (Phi) is 14.8. The summed E-state index contributed by atoms with van der Waals surface area (Å²) in [6.45, 7) is 8.98. The number of hydrogen-bond donors (Lipinski definition) is 1. The summed E-state index contributed by atoms with van der Waals surface area (Å²) in [4.78, 5) is 0. The molecule has 0 aliphatic rings. The highest BCUT2D eigenvalue weighted by atomic mass is 16.2. The molecule has 0 aliphatic carbocycles. The molecule has 0 aromatic rings. The second-order valence-electron chi connectivity index (χ2n) is 3.16. The zero-order valence-corrected chi connectivity index (χ0v) is 7.85. The highest BCUT2D eigenvalue weighted by Crippen LogP contribution is 1.89. The van der Waals surface area contributed by atoms with Crippen LogP contribution in [0.25, 0.3) is 0 Å². The molecule has 0 amide bonds. The van der Waals surface area contributed by atoms with Gasteiger partial charge in [-0.2, -0.15) is 0 Å². The van der Waals surface area contributed by atoms with Gasteiger partial charge in [0.05, 0.1) is 0 Å². The van der Waals surface area contributed by atoms with E-state index < -0.39 is 0 Å². The summed E-state index contributed by atoms with van der Waals surface area (Å²) in [5.41, 5.74) is 0. The van der Waals surface area contributed by atoms with E-state index in [1.54, 1.807) is 0 Å². The molecule has 0 aromatic carbocycles. The molecule has 1 heteroatoms. The maximum Gasteiger partial charge on any atom is 0.0431 e. The predicted octanol–water partition coefficient (Wildman–Crippen LogP) is 2.83. The van der Waals surface area contributed by atoms with Gasteiger partial charge in [-0.25, -0.2) is 0 Å². The Balaban J connectivity index is 0. The third-order valence-corrected chi connectivity index (χ3v) is 0.762. The van der Waals surface area contributed by atoms with E-state index in [1.807, 2.05) is 0 Å². The van der Waals surface area contributed by atoms with Crippen LogP contribution in [0.4, 0.5) is 0 Å². The van der Waals surface area contributed by atoms with Crippen molar-refractivity contribution >= 4 is 0 Å². The van der Waals surface area contributed by atoms with E-state index in [9.17, 15) is 0 Å². The fourth-order valence-corrected chi connectivity index (χ4v) is 0.362. The van der Waals surface area contributed by atoms with Crippen LogP contribution in [-0.2, 0) is 0 Å². The fourth-order valence-electron chi connectivity index (χ4n) is 0.362. The van der Waals surface area contributed by atoms with Crippen LogP contribution in [-0.4, -0.2) is 11.7 Å². The minimum Gasteiger partial charge on any atom is -0.396 e. The summed E-state index contributed by atoms with van der Waals surface area (Å²) in [7, 11) is 0. The summed E-state index contributed by atoms with van der Waals surface area (Å²) in [5.74, 6) is 0.833. The molecule has 0 radical (unpaired) electrons. The van der Waals surface area contributed by atoms with Crippen molar-refractivity contribution in [3.05, 3.63) is 0 Å². The first kappa shape index (κ1) is 12.6. The van der Waals surface area contributed by atoms with Gasteiger partial charge in [0.15, 0.2) is 0 Å². The van der Waals surface area contributed by atoms with Gasteiger partial charge < -0.3 is 5.11 Å². The topological polar surface area (TPSA) is 20.2 Å². The second kappa shape index (κ2) is 11.7. The van der Waals surface area contributed by atoms with Crippen molar-refractivity contribution in [2.75, 3.05) is 6.61 Å². The first-order chi connectivity index (χ1) is 4.65. The van der Waals surface area contributed by atoms with E-state index in [2.05, 4.69) is 27.7 Å². The third kappa shape index (κ3) is 44.0. The Morgan fingerprint density at radius 2 is 1.50 bits per heavy atom. The Bertz CT molecular complexity index is 35.2. The Labute approximate surface area is 65.5 Å². The zero-order valence-electron chi connectivity index (χ0n) is 7.85. The predicted molar refractivity (Wildman–Crippen MR) is 47.1 cm³/mol. The van der Waals surface area contributed by atoms with Crippen LogP contribution in [0.5, 0.6) is 0 Å². The first-order valence-electron chi connectivity index (χ1n) is 4.26. The average molecular weight is 146 g/mol. The van der Waals surface area contributed by atoms with Gasteiger partial charge in [-0.15, -0.1) is 0 Å². The summed E-state index contributed by atoms with van der Waals surface area (Å²) in [6, 6.07) is 0. The lowest BCUT2D eigenvalue weighted by molar-refractivity contribution is 0.284. The second-order valence-corrected chi connectivity index (χ2v) is 3.16. The van der Waals surface area contributed by atoms with E-state index in [4.69, 9.17) is 5.11 Å². The van der Waals surface area contributed by atoms with Crippen LogP contribution in [0, 0.1) is 5.92 Å². The zero-order chi connectivity index (χ0) is 8.41. The summed E-state index contributed by atoms with van der Waals surface area (Å²) in [5, 5.41) is 8.20. The lowest BCUT2D eigenvalue weighted by Gasteiger charge is -1.85. The summed E-state index contributed by atoms with van der Waals surface area (Å²) >= 11 is 0. The van der Waals surface area contributed by atoms with E-state index >= 15 is 0 Å². The number of unbranched alkanes of at least 4 members (excludes halogenated alkanes) is 2. The van der Waals surface area contributed by atoms with Crippen LogP contribution in [0.3, 0.4) is 0 Å². The minimum absolute atomic E-state index is 0.355. The Morgan fingerprint density at radius 3 is 1.60 bits per heavy atom. The molecule has 0 bridgehead atoms. The van der Waals surface area contributed by atoms with Gasteiger partial charge in [0.1, 0.15) is 0 Å². The lowest BCUT2D eigenvalue weighted by Crippen LogP contribution is -1.78. The highest BCUT2D eigenvalue weighted by Gasteiger charge is 1.76. The normalized spacial score (nSPS) is 9.00. The molecule has 0 rings (SSSR count). The Hall–Kier alpha value is -0.0400. The molecule has 0 unspecified atom stereocenters. The monoisotopic (exact) mass is 146 g/mol. The van der Waals surface area contributed by atoms with Gasteiger partial charge in [-0.05, 0) is 12.3 Å². The molecule has 0 saturated heterocycles. The van der Waals surface area contributed by atoms with Crippen molar-refractivity contribution < 1.29 is 5.11 Å². The Morgan fingerprint density at radius 1 is 1.10 bits per heavy atom. The fraction of sp³-hybridized carbons (Fsp3) is 1.00. The smallest absolute Gasteiger partial charge is 0.0431 e. The van der Waals surface area contributed by atoms with Crippen molar-refractivity contribution in [3.8, 4) is 0 Å². The van der Waals surface area contributed by atoms with E-state index in [-0.39, 0.29) is 0 Å². The molecule has 0 heterocycles. The quantitative estimate of drug-likeness (QED) is 0.607. The maximum atomic E-state index is 8.20. The number of hydrogen-bond acceptors (Lipinski definition) is 1. The lowest BCUT2D eigenvalue weighted by atomic mass is 10.3. The molecule has 0 spiro atoms. The van der Waals surface area contributed by atoms with Crippen LogP contribution in [0.15, 0.2) is 0 Å². The van der Waals surface area contributed by atoms with Gasteiger partial charge in [-0.3, -0.25) is 0 Å². The van der Waals surface area contributed by atoms with Gasteiger partial charge in [0.25, 0.3) is 0 Å². The van der Waals surface area contributed by atoms with Crippen molar-refractivity contribution in [3.63, 3.8) is 0 Å². The van der Waals surface area contributed by atoms with E-state index in [0.29, 0.717) is 6.61 Å². The number of aliphatic hydroxyl groups excluding tert-OH is 1. The summed E-state index contributed by atoms with van der Waals surface area (Å²) < 4.78 is 0. The first-order valence-corrected chi connectivity index (χ1v) is 4.26. The molecule has 0 aliphatic heterocycles. The SMILES string of the molecule is CC(C)C.CCCCCO. The van der Waals surface area contributed by atoms with Gasteiger partial charge in [0, 0.05) is 6.61 Å². The molecule has 64 valence electrons. The largest absolute Gasteiger partial charge is 0.396 e. The van der Waals surface area contributed by atoms with Crippen LogP contribution in [0.2, 0.25) is 0 Å². The average Bonchev–Trinajstić information content (AvgIpc) is 1.82. The van der Waals surface area contributed by atoms with Crippen molar-refractivity contribution in [2.24, 2.45) is 5.92 Å². The molecule has 0 atom stereocenters. The molecular weight excluding hydrogens is 124 g/mol. The molecule has 1 nitrogen and oxygen atoms in total. The molecule has 0 fully saturated rings. The standard InChI is InChI=1S/C5H12O.C4H10/c1-2-3-4-5-6;1-4(2)3/h6H,2-5H2,1H3;4H,1-3H3. The minimum atomic E-state index is 0.355. The van der Waals surface area contributed by atoms with Crippen molar-refractivity contribution in [1.82, 2.24) is 0 Å². The molecule has 0 aromatic heterocycles. The van der Waals surface area contributed by atoms with Gasteiger partial charge in [0.2, 0.25) is 0 Å². The van der Waals surface area contributed by atoms with Gasteiger partial charge >= 0.3 is 0 Å². The van der Waals surface area contributed by atoms with Crippen molar-refractivity contribution in [1.29, 1.82) is 0 Å². The van der Waals surface area contributed by atoms with Crippen LogP contribution >= 0.6 is 0 Å². The van der Waals surface area contributed by atoms with E-state index in [1.165, 1.54) is 6.42 Å². The molecule has 0 saturated carbocycles. The number of rotatable bonds is 3. The van der Waals surface area contributed by atoms with Crippen LogP contribution in [0.1, 0.15) is 47.0 Å². The maximum absolute atomic E-state index is 8.20. The molecule has 1 N–H and O–H groups in total. The highest BCUT2D eigenvalue weighted by molar-refractivity contribution is 4.30. The van der Waals surface area contributed by atoms with Gasteiger partial charge in [-0.1, -0.05) is 40.5 Å².